The van der Waals surface area contributed by atoms with Gasteiger partial charge >= 0.3 is 0 Å². The Morgan fingerprint density at radius 3 is 2.47 bits per heavy atom. The van der Waals surface area contributed by atoms with Crippen LogP contribution >= 0.6 is 0 Å². The molecule has 76 valence electrons. The van der Waals surface area contributed by atoms with Gasteiger partial charge in [0.1, 0.15) is 5.94 Å². The fraction of sp³-hybridized carbons (Fsp3) is 0. The van der Waals surface area contributed by atoms with Crippen molar-refractivity contribution >= 4 is 28.1 Å². The molecule has 1 rings (SSSR count). The van der Waals surface area contributed by atoms with Crippen LogP contribution < -0.4 is 0 Å². The van der Waals surface area contributed by atoms with Gasteiger partial charge in [-0.3, -0.25) is 0 Å². The van der Waals surface area contributed by atoms with Crippen LogP contribution in [0, 0.1) is 0 Å². The quantitative estimate of drug-likeness (QED) is 0.426. The SMILES string of the molecule is O=C=Cc1ccccc1S(=O)(=O)N=C=O. The van der Waals surface area contributed by atoms with Crippen LogP contribution in [0.1, 0.15) is 5.56 Å². The van der Waals surface area contributed by atoms with Crippen LogP contribution in [0.2, 0.25) is 0 Å². The molecule has 0 amide bonds. The molecule has 6 heteroatoms. The van der Waals surface area contributed by atoms with Crippen molar-refractivity contribution in [3.8, 4) is 0 Å². The van der Waals surface area contributed by atoms with Crippen molar-refractivity contribution in [2.45, 2.75) is 4.90 Å². The van der Waals surface area contributed by atoms with Crippen molar-refractivity contribution in [1.82, 2.24) is 0 Å². The third-order valence-corrected chi connectivity index (χ3v) is 2.81. The van der Waals surface area contributed by atoms with E-state index in [4.69, 9.17) is 0 Å². The lowest BCUT2D eigenvalue weighted by Gasteiger charge is -1.99. The Morgan fingerprint density at radius 2 is 1.87 bits per heavy atom. The van der Waals surface area contributed by atoms with Crippen LogP contribution in [-0.2, 0) is 19.6 Å². The predicted molar refractivity (Wildman–Crippen MR) is 51.9 cm³/mol. The smallest absolute Gasteiger partial charge is 0.233 e. The fourth-order valence-electron chi connectivity index (χ4n) is 0.996. The van der Waals surface area contributed by atoms with Crippen molar-refractivity contribution in [2.24, 2.45) is 4.40 Å². The van der Waals surface area contributed by atoms with Gasteiger partial charge in [-0.05, 0) is 6.07 Å². The Balaban J connectivity index is 3.50. The lowest BCUT2D eigenvalue weighted by atomic mass is 10.2. The van der Waals surface area contributed by atoms with E-state index in [-0.39, 0.29) is 10.5 Å². The number of carbonyl (C=O) groups excluding carboxylic acids is 2. The highest BCUT2D eigenvalue weighted by atomic mass is 32.2. The van der Waals surface area contributed by atoms with Crippen molar-refractivity contribution in [1.29, 1.82) is 0 Å². The molecule has 0 saturated heterocycles. The summed E-state index contributed by atoms with van der Waals surface area (Å²) < 4.78 is 25.4. The van der Waals surface area contributed by atoms with E-state index >= 15 is 0 Å². The summed E-state index contributed by atoms with van der Waals surface area (Å²) in [6.07, 6.45) is 1.90. The van der Waals surface area contributed by atoms with Crippen LogP contribution in [0.4, 0.5) is 0 Å². The largest absolute Gasteiger partial charge is 0.293 e. The number of hydrogen-bond acceptors (Lipinski definition) is 4. The molecule has 0 bridgehead atoms. The van der Waals surface area contributed by atoms with Gasteiger partial charge in [0, 0.05) is 11.6 Å². The molecule has 0 N–H and O–H groups in total. The molecular formula is C9H5NO4S. The molecule has 0 heterocycles. The first-order valence-electron chi connectivity index (χ1n) is 3.76. The molecule has 0 fully saturated rings. The van der Waals surface area contributed by atoms with Gasteiger partial charge in [0.2, 0.25) is 0 Å². The number of nitrogens with zero attached hydrogens (tertiary/aromatic N) is 1. The van der Waals surface area contributed by atoms with E-state index in [0.717, 1.165) is 12.2 Å². The molecule has 0 saturated carbocycles. The zero-order valence-electron chi connectivity index (χ0n) is 7.38. The first kappa shape index (κ1) is 11.1. The lowest BCUT2D eigenvalue weighted by molar-refractivity contribution is 0.563. The highest BCUT2D eigenvalue weighted by molar-refractivity contribution is 7.90. The molecule has 0 aliphatic heterocycles. The van der Waals surface area contributed by atoms with E-state index in [9.17, 15) is 18.0 Å². The van der Waals surface area contributed by atoms with Gasteiger partial charge < -0.3 is 0 Å². The number of rotatable bonds is 3. The minimum absolute atomic E-state index is 0.131. The first-order chi connectivity index (χ1) is 7.11. The summed E-state index contributed by atoms with van der Waals surface area (Å²) in [6, 6.07) is 5.64. The van der Waals surface area contributed by atoms with Gasteiger partial charge in [-0.1, -0.05) is 22.6 Å². The molecule has 0 spiro atoms. The number of benzene rings is 1. The Morgan fingerprint density at radius 1 is 1.20 bits per heavy atom. The molecule has 1 aromatic rings. The lowest BCUT2D eigenvalue weighted by Crippen LogP contribution is -1.98. The molecule has 0 radical (unpaired) electrons. The summed E-state index contributed by atoms with van der Waals surface area (Å²) in [5.74, 6) is 1.46. The Bertz CT molecular complexity index is 564. The van der Waals surface area contributed by atoms with E-state index in [0.29, 0.717) is 0 Å². The van der Waals surface area contributed by atoms with Gasteiger partial charge in [-0.15, -0.1) is 0 Å². The number of isocyanates is 1. The molecule has 0 aliphatic rings. The van der Waals surface area contributed by atoms with Gasteiger partial charge in [-0.25, -0.2) is 9.59 Å². The van der Waals surface area contributed by atoms with E-state index < -0.39 is 10.0 Å². The maximum atomic E-state index is 11.3. The van der Waals surface area contributed by atoms with Crippen LogP contribution in [0.3, 0.4) is 0 Å². The molecule has 0 atom stereocenters. The second-order valence-electron chi connectivity index (χ2n) is 2.46. The minimum atomic E-state index is -4.07. The average Bonchev–Trinajstić information content (AvgIpc) is 2.19. The van der Waals surface area contributed by atoms with Crippen molar-refractivity contribution in [3.05, 3.63) is 29.8 Å². The average molecular weight is 223 g/mol. The zero-order valence-corrected chi connectivity index (χ0v) is 8.19. The number of hydrogen-bond donors (Lipinski definition) is 0. The second-order valence-corrected chi connectivity index (χ2v) is 4.03. The van der Waals surface area contributed by atoms with Gasteiger partial charge in [0.05, 0.1) is 4.90 Å². The van der Waals surface area contributed by atoms with E-state index in [1.807, 2.05) is 0 Å². The number of sulfonamides is 1. The maximum absolute atomic E-state index is 11.3. The Labute approximate surface area is 85.8 Å². The van der Waals surface area contributed by atoms with Crippen LogP contribution in [-0.4, -0.2) is 20.4 Å². The summed E-state index contributed by atoms with van der Waals surface area (Å²) in [4.78, 5) is 19.8. The van der Waals surface area contributed by atoms with E-state index in [1.165, 1.54) is 24.1 Å². The molecule has 1 aromatic carbocycles. The Hall–Kier alpha value is -2.00. The maximum Gasteiger partial charge on any atom is 0.293 e. The standard InChI is InChI=1S/C9H5NO4S/c11-6-5-8-3-1-2-4-9(8)15(13,14)10-7-12/h1-5H. The normalized spacial score (nSPS) is 9.87. The molecule has 0 unspecified atom stereocenters. The predicted octanol–water partition coefficient (Wildman–Crippen LogP) is 0.556. The first-order valence-corrected chi connectivity index (χ1v) is 5.20. The molecule has 0 aromatic heterocycles. The molecular weight excluding hydrogens is 218 g/mol. The van der Waals surface area contributed by atoms with E-state index in [1.54, 1.807) is 6.07 Å². The summed E-state index contributed by atoms with van der Waals surface area (Å²) in [5, 5.41) is 0. The monoisotopic (exact) mass is 223 g/mol. The topological polar surface area (TPSA) is 80.6 Å². The zero-order chi connectivity index (χ0) is 11.3. The third-order valence-electron chi connectivity index (χ3n) is 1.57. The van der Waals surface area contributed by atoms with Gasteiger partial charge in [0.25, 0.3) is 16.1 Å². The second kappa shape index (κ2) is 4.48. The third kappa shape index (κ3) is 2.48. The summed E-state index contributed by atoms with van der Waals surface area (Å²) in [7, 11) is -4.07. The van der Waals surface area contributed by atoms with Gasteiger partial charge in [0.15, 0.2) is 0 Å². The Kier molecular flexibility index (Phi) is 3.31. The van der Waals surface area contributed by atoms with Crippen LogP contribution in [0.15, 0.2) is 33.6 Å². The molecule has 0 aliphatic carbocycles. The highest BCUT2D eigenvalue weighted by Gasteiger charge is 2.15. The molecule has 15 heavy (non-hydrogen) atoms. The summed E-state index contributed by atoms with van der Waals surface area (Å²) >= 11 is 0. The molecule has 5 nitrogen and oxygen atoms in total. The van der Waals surface area contributed by atoms with Crippen LogP contribution in [0.5, 0.6) is 0 Å². The van der Waals surface area contributed by atoms with E-state index in [2.05, 4.69) is 4.40 Å². The van der Waals surface area contributed by atoms with Crippen molar-refractivity contribution in [3.63, 3.8) is 0 Å². The summed E-state index contributed by atoms with van der Waals surface area (Å²) in [6.45, 7) is 0. The minimum Gasteiger partial charge on any atom is -0.233 e. The van der Waals surface area contributed by atoms with Crippen molar-refractivity contribution < 1.29 is 18.0 Å². The van der Waals surface area contributed by atoms with Gasteiger partial charge in [-0.2, -0.15) is 8.42 Å². The summed E-state index contributed by atoms with van der Waals surface area (Å²) in [5.41, 5.74) is 0.131. The van der Waals surface area contributed by atoms with Crippen LogP contribution in [0.25, 0.3) is 6.08 Å². The highest BCUT2D eigenvalue weighted by Crippen LogP contribution is 2.17. The fourth-order valence-corrected chi connectivity index (χ4v) is 1.87. The van der Waals surface area contributed by atoms with Crippen molar-refractivity contribution in [2.75, 3.05) is 0 Å².